The highest BCUT2D eigenvalue weighted by molar-refractivity contribution is 5.97. The number of fused-ring (bicyclic) bond motifs is 1. The molecule has 3 unspecified atom stereocenters. The molecule has 0 aliphatic heterocycles. The highest BCUT2D eigenvalue weighted by Gasteiger charge is 2.22. The fourth-order valence-electron chi connectivity index (χ4n) is 4.92. The number of carbonyl (C=O) groups is 2. The van der Waals surface area contributed by atoms with E-state index in [1.54, 1.807) is 0 Å². The van der Waals surface area contributed by atoms with E-state index < -0.39 is 5.97 Å². The Morgan fingerprint density at radius 1 is 1.15 bits per heavy atom. The summed E-state index contributed by atoms with van der Waals surface area (Å²) >= 11 is 0. The van der Waals surface area contributed by atoms with Crippen LogP contribution in [0.4, 0.5) is 0 Å². The van der Waals surface area contributed by atoms with E-state index in [1.807, 2.05) is 18.2 Å². The van der Waals surface area contributed by atoms with E-state index in [9.17, 15) is 14.7 Å². The van der Waals surface area contributed by atoms with E-state index in [4.69, 9.17) is 4.98 Å². The lowest BCUT2D eigenvalue weighted by atomic mass is 9.97. The lowest BCUT2D eigenvalue weighted by Gasteiger charge is -2.20. The maximum atomic E-state index is 13.0. The van der Waals surface area contributed by atoms with Crippen LogP contribution in [0.15, 0.2) is 18.2 Å². The molecular weight excluding hydrogens is 414 g/mol. The Bertz CT molecular complexity index is 945. The molecule has 2 aromatic rings. The van der Waals surface area contributed by atoms with Gasteiger partial charge in [-0.15, -0.1) is 0 Å². The van der Waals surface area contributed by atoms with Crippen molar-refractivity contribution < 1.29 is 14.7 Å². The lowest BCUT2D eigenvalue weighted by molar-refractivity contribution is -0.137. The number of rotatable bonds is 12. The van der Waals surface area contributed by atoms with Gasteiger partial charge in [0.2, 0.25) is 0 Å². The highest BCUT2D eigenvalue weighted by atomic mass is 16.4. The van der Waals surface area contributed by atoms with Gasteiger partial charge in [-0.1, -0.05) is 66.2 Å². The molecule has 3 rings (SSSR count). The molecule has 6 nitrogen and oxygen atoms in total. The zero-order chi connectivity index (χ0) is 24.0. The number of nitrogens with zero attached hydrogens (tertiary/aromatic N) is 2. The van der Waals surface area contributed by atoms with Gasteiger partial charge >= 0.3 is 5.97 Å². The Balaban J connectivity index is 1.84. The summed E-state index contributed by atoms with van der Waals surface area (Å²) in [6.45, 7) is 9.60. The lowest BCUT2D eigenvalue weighted by Crippen LogP contribution is -2.37. The fraction of sp³-hybridized carbons (Fsp3) is 0.667. The van der Waals surface area contributed by atoms with Crippen LogP contribution in [-0.4, -0.2) is 32.6 Å². The number of carbonyl (C=O) groups excluding carboxylic acids is 1. The smallest absolute Gasteiger partial charge is 0.305 e. The van der Waals surface area contributed by atoms with Crippen molar-refractivity contribution in [1.29, 1.82) is 0 Å². The monoisotopic (exact) mass is 455 g/mol. The molecule has 3 atom stereocenters. The molecule has 1 amide bonds. The molecule has 1 aromatic carbocycles. The van der Waals surface area contributed by atoms with Crippen molar-refractivity contribution in [1.82, 2.24) is 14.9 Å². The van der Waals surface area contributed by atoms with Crippen molar-refractivity contribution in [2.45, 2.75) is 98.1 Å². The van der Waals surface area contributed by atoms with Gasteiger partial charge in [-0.2, -0.15) is 0 Å². The number of hydrogen-bond donors (Lipinski definition) is 2. The Labute approximate surface area is 198 Å². The van der Waals surface area contributed by atoms with Crippen molar-refractivity contribution >= 4 is 22.9 Å². The average Bonchev–Trinajstić information content (AvgIpc) is 3.40. The number of aliphatic carboxylic acids is 1. The molecule has 1 saturated carbocycles. The molecule has 6 heteroatoms. The molecule has 182 valence electrons. The molecule has 1 fully saturated rings. The summed E-state index contributed by atoms with van der Waals surface area (Å²) in [4.78, 5) is 29.3. The average molecular weight is 456 g/mol. The van der Waals surface area contributed by atoms with Crippen molar-refractivity contribution in [3.63, 3.8) is 0 Å². The molecule has 0 spiro atoms. The van der Waals surface area contributed by atoms with Gasteiger partial charge in [0.15, 0.2) is 0 Å². The number of hydrogen-bond acceptors (Lipinski definition) is 3. The van der Waals surface area contributed by atoms with Gasteiger partial charge in [0, 0.05) is 24.6 Å². The van der Waals surface area contributed by atoms with Gasteiger partial charge in [0.25, 0.3) is 5.91 Å². The van der Waals surface area contributed by atoms with E-state index in [0.717, 1.165) is 42.7 Å². The number of aromatic nitrogens is 2. The molecule has 33 heavy (non-hydrogen) atoms. The van der Waals surface area contributed by atoms with Crippen LogP contribution in [0.2, 0.25) is 0 Å². The molecular formula is C27H41N3O3. The third-order valence-electron chi connectivity index (χ3n) is 7.37. The zero-order valence-corrected chi connectivity index (χ0v) is 20.8. The third-order valence-corrected chi connectivity index (χ3v) is 7.37. The first-order valence-electron chi connectivity index (χ1n) is 12.8. The second kappa shape index (κ2) is 11.7. The summed E-state index contributed by atoms with van der Waals surface area (Å²) in [5.74, 6) is 1.64. The van der Waals surface area contributed by atoms with E-state index in [-0.39, 0.29) is 18.4 Å². The van der Waals surface area contributed by atoms with Crippen LogP contribution in [0.25, 0.3) is 11.0 Å². The predicted octanol–water partition coefficient (Wildman–Crippen LogP) is 5.82. The molecule has 1 aromatic heterocycles. The Morgan fingerprint density at radius 2 is 1.85 bits per heavy atom. The zero-order valence-electron chi connectivity index (χ0n) is 20.8. The van der Waals surface area contributed by atoms with Crippen LogP contribution >= 0.6 is 0 Å². The van der Waals surface area contributed by atoms with E-state index >= 15 is 0 Å². The summed E-state index contributed by atoms with van der Waals surface area (Å²) in [6, 6.07) is 5.37. The van der Waals surface area contributed by atoms with Gasteiger partial charge in [0.05, 0.1) is 17.5 Å². The standard InChI is InChI=1S/C27H41N3O3/c1-5-18(3)13-22(16-26(31)32)28-27(33)21-11-12-24-23(15-21)29-25(14-20-9-7-8-10-20)30(24)17-19(4)6-2/h11-12,15,18-20,22H,5-10,13-14,16-17H2,1-4H3,(H,28,33)(H,31,32). The third kappa shape index (κ3) is 6.81. The fourth-order valence-corrected chi connectivity index (χ4v) is 4.92. The SMILES string of the molecule is CCC(C)CC(CC(=O)O)NC(=O)c1ccc2c(c1)nc(CC1CCCC1)n2CC(C)CC. The second-order valence-corrected chi connectivity index (χ2v) is 10.2. The van der Waals surface area contributed by atoms with Gasteiger partial charge in [-0.25, -0.2) is 4.98 Å². The summed E-state index contributed by atoms with van der Waals surface area (Å²) in [6.07, 6.45) is 8.85. The van der Waals surface area contributed by atoms with Crippen molar-refractivity contribution in [2.75, 3.05) is 0 Å². The summed E-state index contributed by atoms with van der Waals surface area (Å²) in [5, 5.41) is 12.2. The van der Waals surface area contributed by atoms with E-state index in [2.05, 4.69) is 37.6 Å². The second-order valence-electron chi connectivity index (χ2n) is 10.2. The molecule has 0 bridgehead atoms. The first-order chi connectivity index (χ1) is 15.8. The van der Waals surface area contributed by atoms with Crippen LogP contribution in [0.5, 0.6) is 0 Å². The van der Waals surface area contributed by atoms with Crippen molar-refractivity contribution in [2.24, 2.45) is 17.8 Å². The molecule has 1 aliphatic carbocycles. The summed E-state index contributed by atoms with van der Waals surface area (Å²) in [5.41, 5.74) is 2.49. The van der Waals surface area contributed by atoms with Crippen LogP contribution in [0.3, 0.4) is 0 Å². The first kappa shape index (κ1) is 25.3. The normalized spacial score (nSPS) is 17.2. The number of nitrogens with one attached hydrogen (secondary N) is 1. The number of benzene rings is 1. The minimum atomic E-state index is -0.889. The largest absolute Gasteiger partial charge is 0.481 e. The molecule has 1 heterocycles. The summed E-state index contributed by atoms with van der Waals surface area (Å²) in [7, 11) is 0. The predicted molar refractivity (Wildman–Crippen MR) is 132 cm³/mol. The van der Waals surface area contributed by atoms with Gasteiger partial charge in [-0.05, 0) is 42.4 Å². The quantitative estimate of drug-likeness (QED) is 0.422. The maximum Gasteiger partial charge on any atom is 0.305 e. The molecule has 0 saturated heterocycles. The topological polar surface area (TPSA) is 84.2 Å². The van der Waals surface area contributed by atoms with E-state index in [0.29, 0.717) is 29.7 Å². The summed E-state index contributed by atoms with van der Waals surface area (Å²) < 4.78 is 2.36. The number of imidazole rings is 1. The van der Waals surface area contributed by atoms with E-state index in [1.165, 1.54) is 25.7 Å². The Hall–Kier alpha value is -2.37. The van der Waals surface area contributed by atoms with Crippen LogP contribution in [0.1, 0.15) is 95.2 Å². The molecule has 1 aliphatic rings. The van der Waals surface area contributed by atoms with Crippen LogP contribution in [0, 0.1) is 17.8 Å². The number of carboxylic acid groups (broad SMARTS) is 1. The molecule has 2 N–H and O–H groups in total. The van der Waals surface area contributed by atoms with Gasteiger partial charge in [0.1, 0.15) is 5.82 Å². The minimum absolute atomic E-state index is 0.0621. The Kier molecular flexibility index (Phi) is 8.93. The van der Waals surface area contributed by atoms with Crippen molar-refractivity contribution in [3.8, 4) is 0 Å². The minimum Gasteiger partial charge on any atom is -0.481 e. The Morgan fingerprint density at radius 3 is 2.48 bits per heavy atom. The van der Waals surface area contributed by atoms with Gasteiger partial charge < -0.3 is 15.0 Å². The maximum absolute atomic E-state index is 13.0. The van der Waals surface area contributed by atoms with Crippen LogP contribution < -0.4 is 5.32 Å². The number of carboxylic acids is 1. The highest BCUT2D eigenvalue weighted by Crippen LogP contribution is 2.30. The number of amides is 1. The van der Waals surface area contributed by atoms with Crippen molar-refractivity contribution in [3.05, 3.63) is 29.6 Å². The van der Waals surface area contributed by atoms with Crippen LogP contribution in [-0.2, 0) is 17.8 Å². The molecule has 0 radical (unpaired) electrons. The first-order valence-corrected chi connectivity index (χ1v) is 12.8. The van der Waals surface area contributed by atoms with Gasteiger partial charge in [-0.3, -0.25) is 9.59 Å².